The number of nitrogens with zero attached hydrogens (tertiary/aromatic N) is 1. The summed E-state index contributed by atoms with van der Waals surface area (Å²) in [5, 5.41) is 0. The van der Waals surface area contributed by atoms with E-state index in [1.54, 1.807) is 4.90 Å². The molecular formula is C14H18N2O2. The lowest BCUT2D eigenvalue weighted by molar-refractivity contribution is -0.118. The number of hydrogen-bond acceptors (Lipinski definition) is 3. The van der Waals surface area contributed by atoms with Crippen LogP contribution in [0.4, 0.5) is 5.69 Å². The first-order chi connectivity index (χ1) is 8.66. The monoisotopic (exact) mass is 246 g/mol. The van der Waals surface area contributed by atoms with Gasteiger partial charge in [0, 0.05) is 19.0 Å². The molecule has 1 aliphatic heterocycles. The summed E-state index contributed by atoms with van der Waals surface area (Å²) in [7, 11) is 1.81. The molecule has 0 aromatic heterocycles. The minimum atomic E-state index is 0.100. The number of anilines is 1. The molecule has 3 rings (SSSR count). The maximum Gasteiger partial charge on any atom is 0.230 e. The van der Waals surface area contributed by atoms with Crippen LogP contribution in [0.5, 0.6) is 5.75 Å². The molecule has 4 nitrogen and oxygen atoms in total. The lowest BCUT2D eigenvalue weighted by atomic mass is 9.95. The first kappa shape index (κ1) is 11.5. The van der Waals surface area contributed by atoms with Gasteiger partial charge in [-0.05, 0) is 30.5 Å². The Hall–Kier alpha value is -1.55. The Labute approximate surface area is 107 Å². The molecule has 1 fully saturated rings. The number of amides is 1. The lowest BCUT2D eigenvalue weighted by Gasteiger charge is -2.20. The summed E-state index contributed by atoms with van der Waals surface area (Å²) in [4.78, 5) is 13.5. The minimum Gasteiger partial charge on any atom is -0.491 e. The first-order valence-corrected chi connectivity index (χ1v) is 6.40. The van der Waals surface area contributed by atoms with E-state index in [9.17, 15) is 4.79 Å². The summed E-state index contributed by atoms with van der Waals surface area (Å²) < 4.78 is 5.62. The maximum absolute atomic E-state index is 11.8. The zero-order valence-corrected chi connectivity index (χ0v) is 10.6. The highest BCUT2D eigenvalue weighted by molar-refractivity contribution is 5.95. The van der Waals surface area contributed by atoms with E-state index in [1.165, 1.54) is 5.56 Å². The van der Waals surface area contributed by atoms with Crippen molar-refractivity contribution in [2.75, 3.05) is 25.1 Å². The van der Waals surface area contributed by atoms with Gasteiger partial charge in [-0.1, -0.05) is 6.07 Å². The van der Waals surface area contributed by atoms with Crippen LogP contribution in [0.2, 0.25) is 0 Å². The van der Waals surface area contributed by atoms with Crippen LogP contribution in [0.25, 0.3) is 0 Å². The fourth-order valence-corrected chi connectivity index (χ4v) is 2.54. The molecule has 0 radical (unpaired) electrons. The standard InChI is InChI=1S/C14H18N2O2/c1-16-11-8-10(14(9-15)5-6-14)2-3-12(11)18-7-4-13(16)17/h2-3,8H,4-7,9,15H2,1H3. The maximum atomic E-state index is 11.8. The molecule has 1 saturated carbocycles. The molecule has 0 atom stereocenters. The summed E-state index contributed by atoms with van der Waals surface area (Å²) in [6.45, 7) is 1.13. The predicted octanol–water partition coefficient (Wildman–Crippen LogP) is 1.42. The molecule has 0 saturated heterocycles. The topological polar surface area (TPSA) is 55.6 Å². The number of ether oxygens (including phenoxy) is 1. The SMILES string of the molecule is CN1C(=O)CCOc2ccc(C3(CN)CC3)cc21. The predicted molar refractivity (Wildman–Crippen MR) is 69.9 cm³/mol. The van der Waals surface area contributed by atoms with Crippen LogP contribution < -0.4 is 15.4 Å². The molecule has 1 heterocycles. The summed E-state index contributed by atoms with van der Waals surface area (Å²) in [5.74, 6) is 0.892. The van der Waals surface area contributed by atoms with Crippen LogP contribution in [0.1, 0.15) is 24.8 Å². The van der Waals surface area contributed by atoms with E-state index in [0.29, 0.717) is 19.6 Å². The Morgan fingerprint density at radius 1 is 1.44 bits per heavy atom. The van der Waals surface area contributed by atoms with E-state index in [4.69, 9.17) is 10.5 Å². The molecule has 1 aromatic rings. The van der Waals surface area contributed by atoms with Crippen LogP contribution in [0.3, 0.4) is 0 Å². The zero-order chi connectivity index (χ0) is 12.8. The number of benzene rings is 1. The molecule has 2 aliphatic rings. The number of carbonyl (C=O) groups excluding carboxylic acids is 1. The van der Waals surface area contributed by atoms with Gasteiger partial charge in [-0.2, -0.15) is 0 Å². The van der Waals surface area contributed by atoms with E-state index < -0.39 is 0 Å². The van der Waals surface area contributed by atoms with Crippen LogP contribution in [-0.4, -0.2) is 26.1 Å². The molecule has 1 amide bonds. The van der Waals surface area contributed by atoms with Crippen molar-refractivity contribution in [3.63, 3.8) is 0 Å². The number of carbonyl (C=O) groups is 1. The molecule has 1 aliphatic carbocycles. The minimum absolute atomic E-state index is 0.100. The van der Waals surface area contributed by atoms with Crippen molar-refractivity contribution >= 4 is 11.6 Å². The van der Waals surface area contributed by atoms with Crippen molar-refractivity contribution in [2.45, 2.75) is 24.7 Å². The highest BCUT2D eigenvalue weighted by Gasteiger charge is 2.43. The fourth-order valence-electron chi connectivity index (χ4n) is 2.54. The second kappa shape index (κ2) is 3.99. The van der Waals surface area contributed by atoms with Crippen LogP contribution in [-0.2, 0) is 10.2 Å². The largest absolute Gasteiger partial charge is 0.491 e. The van der Waals surface area contributed by atoms with Crippen molar-refractivity contribution in [3.05, 3.63) is 23.8 Å². The molecule has 0 bridgehead atoms. The van der Waals surface area contributed by atoms with Crippen molar-refractivity contribution in [1.82, 2.24) is 0 Å². The highest BCUT2D eigenvalue weighted by Crippen LogP contribution is 2.49. The number of nitrogens with two attached hydrogens (primary N) is 1. The van der Waals surface area contributed by atoms with Gasteiger partial charge in [-0.25, -0.2) is 0 Å². The normalized spacial score (nSPS) is 21.0. The quantitative estimate of drug-likeness (QED) is 0.858. The average Bonchev–Trinajstić information content (AvgIpc) is 3.19. The van der Waals surface area contributed by atoms with Gasteiger partial charge in [0.25, 0.3) is 0 Å². The molecule has 2 N–H and O–H groups in total. The van der Waals surface area contributed by atoms with Crippen LogP contribution in [0.15, 0.2) is 18.2 Å². The highest BCUT2D eigenvalue weighted by atomic mass is 16.5. The van der Waals surface area contributed by atoms with Gasteiger partial charge in [-0.15, -0.1) is 0 Å². The average molecular weight is 246 g/mol. The van der Waals surface area contributed by atoms with Crippen molar-refractivity contribution < 1.29 is 9.53 Å². The second-order valence-electron chi connectivity index (χ2n) is 5.22. The smallest absolute Gasteiger partial charge is 0.230 e. The van der Waals surface area contributed by atoms with Crippen molar-refractivity contribution in [1.29, 1.82) is 0 Å². The Bertz CT molecular complexity index is 495. The molecule has 96 valence electrons. The summed E-state index contributed by atoms with van der Waals surface area (Å²) in [6.07, 6.45) is 2.71. The number of fused-ring (bicyclic) bond motifs is 1. The Balaban J connectivity index is 2.03. The summed E-state index contributed by atoms with van der Waals surface area (Å²) >= 11 is 0. The first-order valence-electron chi connectivity index (χ1n) is 6.40. The molecular weight excluding hydrogens is 228 g/mol. The molecule has 0 unspecified atom stereocenters. The summed E-state index contributed by atoms with van der Waals surface area (Å²) in [5.41, 5.74) is 8.10. The van der Waals surface area contributed by atoms with Crippen LogP contribution >= 0.6 is 0 Å². The van der Waals surface area contributed by atoms with Gasteiger partial charge >= 0.3 is 0 Å². The fraction of sp³-hybridized carbons (Fsp3) is 0.500. The van der Waals surface area contributed by atoms with Crippen molar-refractivity contribution in [2.24, 2.45) is 5.73 Å². The third kappa shape index (κ3) is 1.68. The third-order valence-electron chi connectivity index (χ3n) is 4.12. The zero-order valence-electron chi connectivity index (χ0n) is 10.6. The molecule has 18 heavy (non-hydrogen) atoms. The lowest BCUT2D eigenvalue weighted by Crippen LogP contribution is -2.26. The van der Waals surface area contributed by atoms with Gasteiger partial charge in [-0.3, -0.25) is 4.79 Å². The van der Waals surface area contributed by atoms with Gasteiger partial charge in [0.1, 0.15) is 5.75 Å². The molecule has 4 heteroatoms. The van der Waals surface area contributed by atoms with Gasteiger partial charge in [0.05, 0.1) is 18.7 Å². The Morgan fingerprint density at radius 2 is 2.22 bits per heavy atom. The Morgan fingerprint density at radius 3 is 2.89 bits per heavy atom. The van der Waals surface area contributed by atoms with E-state index in [-0.39, 0.29) is 11.3 Å². The van der Waals surface area contributed by atoms with E-state index in [2.05, 4.69) is 12.1 Å². The van der Waals surface area contributed by atoms with Gasteiger partial charge < -0.3 is 15.4 Å². The van der Waals surface area contributed by atoms with Gasteiger partial charge in [0.15, 0.2) is 0 Å². The van der Waals surface area contributed by atoms with E-state index in [1.807, 2.05) is 13.1 Å². The van der Waals surface area contributed by atoms with E-state index in [0.717, 1.165) is 24.3 Å². The molecule has 0 spiro atoms. The van der Waals surface area contributed by atoms with Gasteiger partial charge in [0.2, 0.25) is 5.91 Å². The third-order valence-corrected chi connectivity index (χ3v) is 4.12. The number of rotatable bonds is 2. The van der Waals surface area contributed by atoms with E-state index >= 15 is 0 Å². The summed E-state index contributed by atoms with van der Waals surface area (Å²) in [6, 6.07) is 6.12. The Kier molecular flexibility index (Phi) is 2.55. The molecule has 1 aromatic carbocycles. The number of hydrogen-bond donors (Lipinski definition) is 1. The van der Waals surface area contributed by atoms with Crippen LogP contribution in [0, 0.1) is 0 Å². The van der Waals surface area contributed by atoms with Crippen molar-refractivity contribution in [3.8, 4) is 5.75 Å². The second-order valence-corrected chi connectivity index (χ2v) is 5.22.